The second-order valence-corrected chi connectivity index (χ2v) is 4.72. The molecule has 0 amide bonds. The lowest BCUT2D eigenvalue weighted by molar-refractivity contribution is -0.0757. The minimum absolute atomic E-state index is 0.198. The summed E-state index contributed by atoms with van der Waals surface area (Å²) in [6, 6.07) is 5.78. The average Bonchev–Trinajstić information content (AvgIpc) is 2.27. The van der Waals surface area contributed by atoms with Gasteiger partial charge in [0.05, 0.1) is 19.8 Å². The van der Waals surface area contributed by atoms with Gasteiger partial charge in [-0.2, -0.15) is 5.48 Å². The molecule has 0 aliphatic rings. The van der Waals surface area contributed by atoms with E-state index < -0.39 is 0 Å². The Morgan fingerprint density at radius 3 is 2.24 bits per heavy atom. The highest BCUT2D eigenvalue weighted by molar-refractivity contribution is 5.42. The van der Waals surface area contributed by atoms with E-state index in [1.165, 1.54) is 0 Å². The van der Waals surface area contributed by atoms with Crippen molar-refractivity contribution in [2.45, 2.75) is 32.9 Å². The zero-order valence-electron chi connectivity index (χ0n) is 11.2. The summed E-state index contributed by atoms with van der Waals surface area (Å²) < 4.78 is 10.4. The van der Waals surface area contributed by atoms with Crippen LogP contribution in [0.5, 0.6) is 11.5 Å². The summed E-state index contributed by atoms with van der Waals surface area (Å²) in [5.74, 6) is 1.45. The van der Waals surface area contributed by atoms with Crippen molar-refractivity contribution >= 4 is 0 Å². The van der Waals surface area contributed by atoms with Gasteiger partial charge in [-0.05, 0) is 38.5 Å². The van der Waals surface area contributed by atoms with E-state index in [4.69, 9.17) is 14.3 Å². The molecule has 0 aliphatic carbocycles. The number of hydrogen-bond acceptors (Lipinski definition) is 4. The summed E-state index contributed by atoms with van der Waals surface area (Å²) >= 11 is 0. The standard InChI is InChI=1S/C13H21NO3/c1-13(2,3)17-14-9-10-6-7-11(15-4)12(8-10)16-5/h6-8,14H,9H2,1-5H3. The van der Waals surface area contributed by atoms with Crippen LogP contribution in [-0.2, 0) is 11.4 Å². The van der Waals surface area contributed by atoms with Crippen LogP contribution in [0.15, 0.2) is 18.2 Å². The molecule has 0 fully saturated rings. The van der Waals surface area contributed by atoms with Gasteiger partial charge in [0.2, 0.25) is 0 Å². The predicted molar refractivity (Wildman–Crippen MR) is 67.2 cm³/mol. The van der Waals surface area contributed by atoms with E-state index in [2.05, 4.69) is 5.48 Å². The molecule has 1 N–H and O–H groups in total. The van der Waals surface area contributed by atoms with Gasteiger partial charge in [0.1, 0.15) is 0 Å². The molecule has 96 valence electrons. The van der Waals surface area contributed by atoms with E-state index in [0.717, 1.165) is 17.1 Å². The molecule has 0 unspecified atom stereocenters. The highest BCUT2D eigenvalue weighted by atomic mass is 16.7. The minimum atomic E-state index is -0.198. The third-order valence-electron chi connectivity index (χ3n) is 2.10. The van der Waals surface area contributed by atoms with Crippen LogP contribution in [-0.4, -0.2) is 19.8 Å². The highest BCUT2D eigenvalue weighted by Gasteiger charge is 2.10. The zero-order valence-corrected chi connectivity index (χ0v) is 11.2. The first-order valence-electron chi connectivity index (χ1n) is 5.58. The maximum atomic E-state index is 5.44. The first-order valence-corrected chi connectivity index (χ1v) is 5.58. The fourth-order valence-corrected chi connectivity index (χ4v) is 1.33. The van der Waals surface area contributed by atoms with E-state index >= 15 is 0 Å². The molecule has 0 spiro atoms. The van der Waals surface area contributed by atoms with Crippen LogP contribution >= 0.6 is 0 Å². The van der Waals surface area contributed by atoms with E-state index in [-0.39, 0.29) is 5.60 Å². The lowest BCUT2D eigenvalue weighted by atomic mass is 10.2. The molecule has 1 aromatic rings. The Morgan fingerprint density at radius 2 is 1.71 bits per heavy atom. The quantitative estimate of drug-likeness (QED) is 0.801. The normalized spacial score (nSPS) is 11.4. The van der Waals surface area contributed by atoms with Crippen LogP contribution < -0.4 is 15.0 Å². The molecule has 0 bridgehead atoms. The summed E-state index contributed by atoms with van der Waals surface area (Å²) in [5.41, 5.74) is 3.81. The first-order chi connectivity index (χ1) is 7.96. The fourth-order valence-electron chi connectivity index (χ4n) is 1.33. The van der Waals surface area contributed by atoms with Crippen molar-refractivity contribution in [2.24, 2.45) is 0 Å². The Kier molecular flexibility index (Phi) is 4.78. The second kappa shape index (κ2) is 5.89. The van der Waals surface area contributed by atoms with Crippen molar-refractivity contribution in [3.05, 3.63) is 23.8 Å². The van der Waals surface area contributed by atoms with Gasteiger partial charge < -0.3 is 9.47 Å². The number of rotatable bonds is 5. The molecule has 0 saturated carbocycles. The van der Waals surface area contributed by atoms with Crippen LogP contribution in [0.4, 0.5) is 0 Å². The number of hydroxylamine groups is 1. The molecule has 0 heterocycles. The van der Waals surface area contributed by atoms with Gasteiger partial charge >= 0.3 is 0 Å². The van der Waals surface area contributed by atoms with E-state index in [0.29, 0.717) is 6.54 Å². The summed E-state index contributed by atoms with van der Waals surface area (Å²) in [7, 11) is 3.25. The van der Waals surface area contributed by atoms with Crippen molar-refractivity contribution in [3.8, 4) is 11.5 Å². The van der Waals surface area contributed by atoms with Crippen LogP contribution in [0.1, 0.15) is 26.3 Å². The fraction of sp³-hybridized carbons (Fsp3) is 0.538. The minimum Gasteiger partial charge on any atom is -0.493 e. The van der Waals surface area contributed by atoms with Crippen LogP contribution in [0, 0.1) is 0 Å². The number of benzene rings is 1. The van der Waals surface area contributed by atoms with Crippen molar-refractivity contribution < 1.29 is 14.3 Å². The Hall–Kier alpha value is -1.26. The molecule has 1 rings (SSSR count). The molecular formula is C13H21NO3. The SMILES string of the molecule is COc1ccc(CNOC(C)(C)C)cc1OC. The molecule has 0 radical (unpaired) electrons. The third-order valence-corrected chi connectivity index (χ3v) is 2.10. The summed E-state index contributed by atoms with van der Waals surface area (Å²) in [6.45, 7) is 6.61. The van der Waals surface area contributed by atoms with Crippen LogP contribution in [0.3, 0.4) is 0 Å². The Bertz CT molecular complexity index is 358. The lowest BCUT2D eigenvalue weighted by Crippen LogP contribution is -2.28. The molecule has 17 heavy (non-hydrogen) atoms. The number of hydrogen-bond donors (Lipinski definition) is 1. The third kappa shape index (κ3) is 4.63. The molecular weight excluding hydrogens is 218 g/mol. The van der Waals surface area contributed by atoms with Crippen LogP contribution in [0.25, 0.3) is 0 Å². The summed E-state index contributed by atoms with van der Waals surface area (Å²) in [5, 5.41) is 0. The van der Waals surface area contributed by atoms with Crippen molar-refractivity contribution in [3.63, 3.8) is 0 Å². The zero-order chi connectivity index (χ0) is 12.9. The smallest absolute Gasteiger partial charge is 0.161 e. The maximum absolute atomic E-state index is 5.44. The number of methoxy groups -OCH3 is 2. The highest BCUT2D eigenvalue weighted by Crippen LogP contribution is 2.27. The number of nitrogens with one attached hydrogen (secondary N) is 1. The average molecular weight is 239 g/mol. The van der Waals surface area contributed by atoms with E-state index in [1.807, 2.05) is 39.0 Å². The summed E-state index contributed by atoms with van der Waals surface area (Å²) in [6.07, 6.45) is 0. The van der Waals surface area contributed by atoms with Gasteiger partial charge in [-0.3, -0.25) is 4.84 Å². The lowest BCUT2D eigenvalue weighted by Gasteiger charge is -2.19. The summed E-state index contributed by atoms with van der Waals surface area (Å²) in [4.78, 5) is 5.44. The first kappa shape index (κ1) is 13.8. The monoisotopic (exact) mass is 239 g/mol. The molecule has 0 atom stereocenters. The number of ether oxygens (including phenoxy) is 2. The molecule has 4 nitrogen and oxygen atoms in total. The van der Waals surface area contributed by atoms with Gasteiger partial charge in [-0.15, -0.1) is 0 Å². The Balaban J connectivity index is 2.60. The maximum Gasteiger partial charge on any atom is 0.161 e. The molecule has 0 aromatic heterocycles. The van der Waals surface area contributed by atoms with Crippen molar-refractivity contribution in [1.82, 2.24) is 5.48 Å². The predicted octanol–water partition coefficient (Wildman–Crippen LogP) is 2.52. The largest absolute Gasteiger partial charge is 0.493 e. The molecule has 4 heteroatoms. The van der Waals surface area contributed by atoms with Gasteiger partial charge in [0, 0.05) is 6.54 Å². The Morgan fingerprint density at radius 1 is 1.06 bits per heavy atom. The van der Waals surface area contributed by atoms with E-state index in [9.17, 15) is 0 Å². The molecule has 0 saturated heterocycles. The van der Waals surface area contributed by atoms with Gasteiger partial charge in [-0.25, -0.2) is 0 Å². The van der Waals surface area contributed by atoms with Crippen molar-refractivity contribution in [2.75, 3.05) is 14.2 Å². The Labute approximate surface area is 103 Å². The van der Waals surface area contributed by atoms with Gasteiger partial charge in [0.15, 0.2) is 11.5 Å². The van der Waals surface area contributed by atoms with E-state index in [1.54, 1.807) is 14.2 Å². The van der Waals surface area contributed by atoms with Crippen LogP contribution in [0.2, 0.25) is 0 Å². The topological polar surface area (TPSA) is 39.7 Å². The molecule has 0 aliphatic heterocycles. The molecule has 1 aromatic carbocycles. The van der Waals surface area contributed by atoms with Gasteiger partial charge in [0.25, 0.3) is 0 Å². The van der Waals surface area contributed by atoms with Crippen molar-refractivity contribution in [1.29, 1.82) is 0 Å². The second-order valence-electron chi connectivity index (χ2n) is 4.72. The van der Waals surface area contributed by atoms with Gasteiger partial charge in [-0.1, -0.05) is 6.07 Å².